The molecule has 174 valence electrons. The highest BCUT2D eigenvalue weighted by atomic mass is 16.5. The third kappa shape index (κ3) is 6.35. The Kier molecular flexibility index (Phi) is 8.07. The molecular formula is C25H29N3O5. The number of methoxy groups -OCH3 is 1. The van der Waals surface area contributed by atoms with Gasteiger partial charge in [-0.3, -0.25) is 9.59 Å². The van der Waals surface area contributed by atoms with E-state index in [0.717, 1.165) is 28.9 Å². The lowest BCUT2D eigenvalue weighted by atomic mass is 10.1. The summed E-state index contributed by atoms with van der Waals surface area (Å²) >= 11 is 0. The lowest BCUT2D eigenvalue weighted by molar-refractivity contribution is -0.116. The summed E-state index contributed by atoms with van der Waals surface area (Å²) in [4.78, 5) is 24.3. The first-order chi connectivity index (χ1) is 15.9. The van der Waals surface area contributed by atoms with Gasteiger partial charge in [-0.2, -0.15) is 0 Å². The zero-order chi connectivity index (χ0) is 23.8. The standard InChI is InChI=1S/C25H29N3O5/c1-5-6-24(29)27-20-10-7-18(8-11-20)14-26-25(30)19-9-12-22(23(13-19)31-4)32-15-21-16(2)28-33-17(21)3/h7-13H,5-6,14-15H2,1-4H3,(H,26,30)(H,27,29). The van der Waals surface area contributed by atoms with Crippen molar-refractivity contribution in [2.45, 2.75) is 46.8 Å². The van der Waals surface area contributed by atoms with Crippen molar-refractivity contribution < 1.29 is 23.6 Å². The summed E-state index contributed by atoms with van der Waals surface area (Å²) < 4.78 is 16.4. The molecule has 0 fully saturated rings. The van der Waals surface area contributed by atoms with Gasteiger partial charge < -0.3 is 24.6 Å². The first kappa shape index (κ1) is 23.8. The van der Waals surface area contributed by atoms with Gasteiger partial charge >= 0.3 is 0 Å². The number of amides is 2. The Morgan fingerprint density at radius 3 is 2.45 bits per heavy atom. The first-order valence-electron chi connectivity index (χ1n) is 10.8. The number of aryl methyl sites for hydroxylation is 2. The van der Waals surface area contributed by atoms with Crippen LogP contribution < -0.4 is 20.1 Å². The van der Waals surface area contributed by atoms with Crippen LogP contribution in [-0.2, 0) is 17.9 Å². The molecule has 2 N–H and O–H groups in total. The van der Waals surface area contributed by atoms with Crippen LogP contribution in [0.15, 0.2) is 47.0 Å². The zero-order valence-corrected chi connectivity index (χ0v) is 19.4. The Labute approximate surface area is 193 Å². The van der Waals surface area contributed by atoms with Gasteiger partial charge in [-0.1, -0.05) is 24.2 Å². The predicted octanol–water partition coefficient (Wildman–Crippen LogP) is 4.55. The molecule has 0 aliphatic rings. The molecular weight excluding hydrogens is 422 g/mol. The molecule has 0 bridgehead atoms. The molecule has 0 aliphatic carbocycles. The van der Waals surface area contributed by atoms with Gasteiger partial charge in [0.25, 0.3) is 5.91 Å². The van der Waals surface area contributed by atoms with E-state index in [4.69, 9.17) is 14.0 Å². The summed E-state index contributed by atoms with van der Waals surface area (Å²) in [6, 6.07) is 12.4. The van der Waals surface area contributed by atoms with Crippen LogP contribution in [-0.4, -0.2) is 24.1 Å². The Balaban J connectivity index is 1.58. The van der Waals surface area contributed by atoms with Crippen molar-refractivity contribution in [2.75, 3.05) is 12.4 Å². The maximum atomic E-state index is 12.6. The average molecular weight is 452 g/mol. The molecule has 1 aromatic heterocycles. The largest absolute Gasteiger partial charge is 0.493 e. The number of rotatable bonds is 10. The van der Waals surface area contributed by atoms with E-state index in [1.807, 2.05) is 45.0 Å². The maximum absolute atomic E-state index is 12.6. The fourth-order valence-electron chi connectivity index (χ4n) is 3.23. The van der Waals surface area contributed by atoms with Gasteiger partial charge in [0.1, 0.15) is 12.4 Å². The lowest BCUT2D eigenvalue weighted by Gasteiger charge is -2.12. The molecule has 3 aromatic rings. The Hall–Kier alpha value is -3.81. The number of nitrogens with one attached hydrogen (secondary N) is 2. The Morgan fingerprint density at radius 1 is 1.06 bits per heavy atom. The summed E-state index contributed by atoms with van der Waals surface area (Å²) in [5.41, 5.74) is 3.78. The molecule has 0 saturated heterocycles. The fraction of sp³-hybridized carbons (Fsp3) is 0.320. The summed E-state index contributed by atoms with van der Waals surface area (Å²) in [6.45, 7) is 6.30. The number of anilines is 1. The van der Waals surface area contributed by atoms with Gasteiger partial charge in [-0.05, 0) is 56.2 Å². The Bertz CT molecular complexity index is 1090. The van der Waals surface area contributed by atoms with Crippen molar-refractivity contribution in [3.8, 4) is 11.5 Å². The van der Waals surface area contributed by atoms with E-state index in [1.165, 1.54) is 7.11 Å². The van der Waals surface area contributed by atoms with Crippen molar-refractivity contribution in [3.63, 3.8) is 0 Å². The number of hydrogen-bond donors (Lipinski definition) is 2. The molecule has 0 aliphatic heterocycles. The molecule has 1 heterocycles. The van der Waals surface area contributed by atoms with Crippen molar-refractivity contribution in [2.24, 2.45) is 0 Å². The van der Waals surface area contributed by atoms with Crippen LogP contribution in [0, 0.1) is 13.8 Å². The SMILES string of the molecule is CCCC(=O)Nc1ccc(CNC(=O)c2ccc(OCc3c(C)noc3C)c(OC)c2)cc1. The molecule has 2 amide bonds. The smallest absolute Gasteiger partial charge is 0.251 e. The molecule has 3 rings (SSSR count). The second-order valence-electron chi connectivity index (χ2n) is 7.63. The van der Waals surface area contributed by atoms with E-state index >= 15 is 0 Å². The van der Waals surface area contributed by atoms with E-state index < -0.39 is 0 Å². The van der Waals surface area contributed by atoms with Gasteiger partial charge in [0.15, 0.2) is 11.5 Å². The molecule has 0 atom stereocenters. The minimum absolute atomic E-state index is 0.00775. The third-order valence-corrected chi connectivity index (χ3v) is 5.15. The van der Waals surface area contributed by atoms with Gasteiger partial charge in [-0.15, -0.1) is 0 Å². The van der Waals surface area contributed by atoms with Crippen molar-refractivity contribution >= 4 is 17.5 Å². The first-order valence-corrected chi connectivity index (χ1v) is 10.8. The highest BCUT2D eigenvalue weighted by molar-refractivity contribution is 5.95. The molecule has 0 spiro atoms. The number of carbonyl (C=O) groups excluding carboxylic acids is 2. The molecule has 33 heavy (non-hydrogen) atoms. The minimum atomic E-state index is -0.231. The molecule has 0 saturated carbocycles. The third-order valence-electron chi connectivity index (χ3n) is 5.15. The summed E-state index contributed by atoms with van der Waals surface area (Å²) in [5.74, 6) is 1.45. The highest BCUT2D eigenvalue weighted by Gasteiger charge is 2.14. The van der Waals surface area contributed by atoms with Crippen molar-refractivity contribution in [1.82, 2.24) is 10.5 Å². The quantitative estimate of drug-likeness (QED) is 0.469. The number of nitrogens with zero attached hydrogens (tertiary/aromatic N) is 1. The van der Waals surface area contributed by atoms with Crippen LogP contribution in [0.5, 0.6) is 11.5 Å². The van der Waals surface area contributed by atoms with Crippen LogP contribution >= 0.6 is 0 Å². The van der Waals surface area contributed by atoms with E-state index in [1.54, 1.807) is 18.2 Å². The van der Waals surface area contributed by atoms with Gasteiger partial charge in [0.2, 0.25) is 5.91 Å². The molecule has 2 aromatic carbocycles. The average Bonchev–Trinajstić information content (AvgIpc) is 3.14. The second kappa shape index (κ2) is 11.2. The van der Waals surface area contributed by atoms with E-state index in [0.29, 0.717) is 35.8 Å². The van der Waals surface area contributed by atoms with Crippen LogP contribution in [0.3, 0.4) is 0 Å². The van der Waals surface area contributed by atoms with Gasteiger partial charge in [-0.25, -0.2) is 0 Å². The molecule has 0 unspecified atom stereocenters. The topological polar surface area (TPSA) is 103 Å². The number of benzene rings is 2. The normalized spacial score (nSPS) is 10.5. The van der Waals surface area contributed by atoms with Crippen LogP contribution in [0.1, 0.15) is 52.7 Å². The number of carbonyl (C=O) groups is 2. The van der Waals surface area contributed by atoms with E-state index in [2.05, 4.69) is 15.8 Å². The lowest BCUT2D eigenvalue weighted by Crippen LogP contribution is -2.22. The van der Waals surface area contributed by atoms with Crippen molar-refractivity contribution in [3.05, 3.63) is 70.6 Å². The highest BCUT2D eigenvalue weighted by Crippen LogP contribution is 2.29. The van der Waals surface area contributed by atoms with Gasteiger partial charge in [0.05, 0.1) is 18.4 Å². The van der Waals surface area contributed by atoms with E-state index in [9.17, 15) is 9.59 Å². The maximum Gasteiger partial charge on any atom is 0.251 e. The van der Waals surface area contributed by atoms with Gasteiger partial charge in [0, 0.05) is 24.2 Å². The van der Waals surface area contributed by atoms with Crippen molar-refractivity contribution in [1.29, 1.82) is 0 Å². The number of hydrogen-bond acceptors (Lipinski definition) is 6. The Morgan fingerprint density at radius 2 is 1.82 bits per heavy atom. The molecule has 8 heteroatoms. The van der Waals surface area contributed by atoms with E-state index in [-0.39, 0.29) is 18.4 Å². The second-order valence-corrected chi connectivity index (χ2v) is 7.63. The van der Waals surface area contributed by atoms with Crippen LogP contribution in [0.4, 0.5) is 5.69 Å². The predicted molar refractivity (Wildman–Crippen MR) is 124 cm³/mol. The number of aromatic nitrogens is 1. The van der Waals surface area contributed by atoms with Crippen LogP contribution in [0.2, 0.25) is 0 Å². The minimum Gasteiger partial charge on any atom is -0.493 e. The summed E-state index contributed by atoms with van der Waals surface area (Å²) in [6.07, 6.45) is 1.29. The fourth-order valence-corrected chi connectivity index (χ4v) is 3.23. The number of ether oxygens (including phenoxy) is 2. The summed E-state index contributed by atoms with van der Waals surface area (Å²) in [5, 5.41) is 9.66. The van der Waals surface area contributed by atoms with Crippen LogP contribution in [0.25, 0.3) is 0 Å². The zero-order valence-electron chi connectivity index (χ0n) is 19.4. The molecule has 8 nitrogen and oxygen atoms in total. The molecule has 0 radical (unpaired) electrons. The summed E-state index contributed by atoms with van der Waals surface area (Å²) in [7, 11) is 1.53. The monoisotopic (exact) mass is 451 g/mol.